The maximum atomic E-state index is 12.0. The number of Topliss-reactive ketones (excluding diaryl/α,β-unsaturated/α-hetero) is 1. The number of carbonyl (C=O) groups excluding carboxylic acids is 1. The number of ether oxygens (including phenoxy) is 1. The topological polar surface area (TPSA) is 55.6 Å². The molecule has 2 aromatic carbocycles. The zero-order valence-corrected chi connectivity index (χ0v) is 15.1. The molecule has 0 unspecified atom stereocenters. The molecule has 1 N–H and O–H groups in total. The van der Waals surface area contributed by atoms with Gasteiger partial charge in [-0.25, -0.2) is 4.85 Å². The SMILES string of the molecule is [C-]#[N+]c1ccc2ncc(C(C)=O)c(NCc3ccc(OC)c(Cl)c3)c2c1. The van der Waals surface area contributed by atoms with Crippen LogP contribution in [-0.4, -0.2) is 17.9 Å². The number of nitrogens with zero attached hydrogens (tertiary/aromatic N) is 2. The summed E-state index contributed by atoms with van der Waals surface area (Å²) < 4.78 is 5.16. The van der Waals surface area contributed by atoms with Crippen LogP contribution in [0.3, 0.4) is 0 Å². The fourth-order valence-corrected chi connectivity index (χ4v) is 3.00. The number of pyridine rings is 1. The Labute approximate surface area is 156 Å². The number of hydrogen-bond acceptors (Lipinski definition) is 4. The first-order valence-electron chi connectivity index (χ1n) is 7.91. The number of nitrogens with one attached hydrogen (secondary N) is 1. The second kappa shape index (κ2) is 7.42. The van der Waals surface area contributed by atoms with Crippen LogP contribution in [0.4, 0.5) is 11.4 Å². The van der Waals surface area contributed by atoms with E-state index in [4.69, 9.17) is 22.9 Å². The Kier molecular flexibility index (Phi) is 5.06. The molecule has 0 aliphatic heterocycles. The maximum absolute atomic E-state index is 12.0. The van der Waals surface area contributed by atoms with Gasteiger partial charge in [0.05, 0.1) is 35.5 Å². The minimum absolute atomic E-state index is 0.0946. The van der Waals surface area contributed by atoms with Crippen LogP contribution in [0.1, 0.15) is 22.8 Å². The van der Waals surface area contributed by atoms with Gasteiger partial charge < -0.3 is 10.1 Å². The minimum atomic E-state index is -0.0946. The van der Waals surface area contributed by atoms with Crippen molar-refractivity contribution in [2.24, 2.45) is 0 Å². The molecule has 0 saturated heterocycles. The molecule has 0 amide bonds. The van der Waals surface area contributed by atoms with Crippen molar-refractivity contribution in [2.75, 3.05) is 12.4 Å². The number of fused-ring (bicyclic) bond motifs is 1. The lowest BCUT2D eigenvalue weighted by atomic mass is 10.1. The van der Waals surface area contributed by atoms with E-state index in [-0.39, 0.29) is 5.78 Å². The molecule has 0 bridgehead atoms. The van der Waals surface area contributed by atoms with Crippen molar-refractivity contribution in [3.8, 4) is 5.75 Å². The molecule has 0 radical (unpaired) electrons. The Bertz CT molecular complexity index is 1040. The number of halogens is 1. The van der Waals surface area contributed by atoms with Gasteiger partial charge in [0.15, 0.2) is 11.5 Å². The highest BCUT2D eigenvalue weighted by Gasteiger charge is 2.13. The second-order valence-electron chi connectivity index (χ2n) is 5.74. The highest BCUT2D eigenvalue weighted by molar-refractivity contribution is 6.32. The van der Waals surface area contributed by atoms with Gasteiger partial charge in [-0.15, -0.1) is 0 Å². The van der Waals surface area contributed by atoms with Gasteiger partial charge in [-0.2, -0.15) is 0 Å². The molecule has 0 spiro atoms. The van der Waals surface area contributed by atoms with E-state index >= 15 is 0 Å². The Morgan fingerprint density at radius 3 is 2.77 bits per heavy atom. The molecule has 0 aliphatic rings. The van der Waals surface area contributed by atoms with Gasteiger partial charge in [-0.1, -0.05) is 23.7 Å². The second-order valence-corrected chi connectivity index (χ2v) is 6.15. The third-order valence-electron chi connectivity index (χ3n) is 4.05. The summed E-state index contributed by atoms with van der Waals surface area (Å²) in [5.41, 5.74) is 3.31. The van der Waals surface area contributed by atoms with Crippen LogP contribution in [0.5, 0.6) is 5.75 Å². The average Bonchev–Trinajstić information content (AvgIpc) is 2.65. The first kappa shape index (κ1) is 17.7. The van der Waals surface area contributed by atoms with Crippen molar-refractivity contribution < 1.29 is 9.53 Å². The van der Waals surface area contributed by atoms with Gasteiger partial charge in [0, 0.05) is 18.1 Å². The Morgan fingerprint density at radius 1 is 1.31 bits per heavy atom. The Balaban J connectivity index is 2.02. The maximum Gasteiger partial charge on any atom is 0.188 e. The zero-order valence-electron chi connectivity index (χ0n) is 14.3. The molecule has 1 aromatic heterocycles. The van der Waals surface area contributed by atoms with Crippen LogP contribution >= 0.6 is 11.6 Å². The van der Waals surface area contributed by atoms with Crippen LogP contribution in [0.15, 0.2) is 42.6 Å². The van der Waals surface area contributed by atoms with E-state index in [1.54, 1.807) is 37.6 Å². The predicted molar refractivity (Wildman–Crippen MR) is 103 cm³/mol. The molecule has 0 atom stereocenters. The predicted octanol–water partition coefficient (Wildman–Crippen LogP) is 5.26. The monoisotopic (exact) mass is 365 g/mol. The third-order valence-corrected chi connectivity index (χ3v) is 4.34. The number of anilines is 1. The summed E-state index contributed by atoms with van der Waals surface area (Å²) in [5.74, 6) is 0.513. The highest BCUT2D eigenvalue weighted by Crippen LogP contribution is 2.31. The summed E-state index contributed by atoms with van der Waals surface area (Å²) >= 11 is 6.18. The van der Waals surface area contributed by atoms with Gasteiger partial charge in [-0.05, 0) is 36.8 Å². The molecule has 3 rings (SSSR count). The summed E-state index contributed by atoms with van der Waals surface area (Å²) in [6, 6.07) is 10.7. The average molecular weight is 366 g/mol. The Hall–Kier alpha value is -3.10. The van der Waals surface area contributed by atoms with Crippen molar-refractivity contribution in [2.45, 2.75) is 13.5 Å². The van der Waals surface area contributed by atoms with Crippen molar-refractivity contribution in [1.82, 2.24) is 4.98 Å². The zero-order chi connectivity index (χ0) is 18.7. The molecule has 1 heterocycles. The van der Waals surface area contributed by atoms with Gasteiger partial charge in [0.2, 0.25) is 0 Å². The quantitative estimate of drug-likeness (QED) is 0.494. The summed E-state index contributed by atoms with van der Waals surface area (Å²) in [6.45, 7) is 9.18. The molecular formula is C20H16ClN3O2. The summed E-state index contributed by atoms with van der Waals surface area (Å²) in [7, 11) is 1.57. The molecule has 3 aromatic rings. The van der Waals surface area contributed by atoms with Crippen LogP contribution in [0.25, 0.3) is 15.7 Å². The lowest BCUT2D eigenvalue weighted by molar-refractivity contribution is 0.101. The number of ketones is 1. The van der Waals surface area contributed by atoms with Crippen molar-refractivity contribution in [3.05, 3.63) is 70.2 Å². The standard InChI is InChI=1S/C20H16ClN3O2/c1-12(25)16-11-23-18-6-5-14(22-2)9-15(18)20(16)24-10-13-4-7-19(26-3)17(21)8-13/h4-9,11H,10H2,1,3H3,(H,23,24). The van der Waals surface area contributed by atoms with Gasteiger partial charge in [0.25, 0.3) is 0 Å². The van der Waals surface area contributed by atoms with E-state index in [1.807, 2.05) is 12.1 Å². The first-order chi connectivity index (χ1) is 12.5. The van der Waals surface area contributed by atoms with E-state index in [9.17, 15) is 4.79 Å². The number of hydrogen-bond donors (Lipinski definition) is 1. The molecule has 0 fully saturated rings. The summed E-state index contributed by atoms with van der Waals surface area (Å²) in [5, 5.41) is 4.57. The van der Waals surface area contributed by atoms with E-state index in [0.717, 1.165) is 16.5 Å². The summed E-state index contributed by atoms with van der Waals surface area (Å²) in [4.78, 5) is 19.8. The number of aromatic nitrogens is 1. The van der Waals surface area contributed by atoms with E-state index in [1.165, 1.54) is 6.92 Å². The van der Waals surface area contributed by atoms with Gasteiger partial charge in [0.1, 0.15) is 5.75 Å². The molecular weight excluding hydrogens is 350 g/mol. The van der Waals surface area contributed by atoms with E-state index < -0.39 is 0 Å². The Morgan fingerprint density at radius 2 is 2.12 bits per heavy atom. The van der Waals surface area contributed by atoms with Crippen molar-refractivity contribution in [3.63, 3.8) is 0 Å². The largest absolute Gasteiger partial charge is 0.495 e. The van der Waals surface area contributed by atoms with E-state index in [0.29, 0.717) is 34.3 Å². The molecule has 6 heteroatoms. The minimum Gasteiger partial charge on any atom is -0.495 e. The van der Waals surface area contributed by atoms with Crippen LogP contribution in [0, 0.1) is 6.57 Å². The lowest BCUT2D eigenvalue weighted by Crippen LogP contribution is -2.07. The molecule has 0 saturated carbocycles. The molecule has 0 aliphatic carbocycles. The highest BCUT2D eigenvalue weighted by atomic mass is 35.5. The third kappa shape index (κ3) is 3.46. The molecule has 5 nitrogen and oxygen atoms in total. The normalized spacial score (nSPS) is 10.4. The van der Waals surface area contributed by atoms with Crippen LogP contribution in [0.2, 0.25) is 5.02 Å². The number of rotatable bonds is 5. The number of benzene rings is 2. The number of carbonyl (C=O) groups is 1. The lowest BCUT2D eigenvalue weighted by Gasteiger charge is -2.14. The summed E-state index contributed by atoms with van der Waals surface area (Å²) in [6.07, 6.45) is 1.56. The fourth-order valence-electron chi connectivity index (χ4n) is 2.72. The van der Waals surface area contributed by atoms with Crippen molar-refractivity contribution in [1.29, 1.82) is 0 Å². The van der Waals surface area contributed by atoms with Crippen molar-refractivity contribution >= 4 is 39.7 Å². The molecule has 26 heavy (non-hydrogen) atoms. The van der Waals surface area contributed by atoms with E-state index in [2.05, 4.69) is 15.1 Å². The first-order valence-corrected chi connectivity index (χ1v) is 8.28. The van der Waals surface area contributed by atoms with Gasteiger partial charge in [-0.3, -0.25) is 9.78 Å². The molecule has 130 valence electrons. The van der Waals surface area contributed by atoms with Gasteiger partial charge >= 0.3 is 0 Å². The number of methoxy groups -OCH3 is 1. The fraction of sp³-hybridized carbons (Fsp3) is 0.150. The smallest absolute Gasteiger partial charge is 0.188 e. The van der Waals surface area contributed by atoms with Crippen LogP contribution in [-0.2, 0) is 6.54 Å². The van der Waals surface area contributed by atoms with Crippen LogP contribution < -0.4 is 10.1 Å².